The molecule has 146 valence electrons. The summed E-state index contributed by atoms with van der Waals surface area (Å²) < 4.78 is 11.5. The number of rotatable bonds is 9. The molecule has 0 radical (unpaired) electrons. The van der Waals surface area contributed by atoms with Gasteiger partial charge in [-0.1, -0.05) is 44.3 Å². The molecule has 2 aromatic rings. The Morgan fingerprint density at radius 2 is 1.86 bits per heavy atom. The molecule has 0 aliphatic carbocycles. The quantitative estimate of drug-likeness (QED) is 0.343. The fourth-order valence-electron chi connectivity index (χ4n) is 3.51. The SMILES string of the molecule is CCCCCOc1c(OC)ccc2c1C=CB(CCc1ccc(S)cc1)C2=O. The predicted octanol–water partition coefficient (Wildman–Crippen LogP) is 5.58. The summed E-state index contributed by atoms with van der Waals surface area (Å²) in [6.45, 7) is 2.69. The largest absolute Gasteiger partial charge is 0.493 e. The lowest BCUT2D eigenvalue weighted by Crippen LogP contribution is -2.28. The first-order chi connectivity index (χ1) is 13.6. The highest BCUT2D eigenvalue weighted by Gasteiger charge is 2.29. The van der Waals surface area contributed by atoms with E-state index in [2.05, 4.69) is 31.7 Å². The molecule has 0 spiro atoms. The summed E-state index contributed by atoms with van der Waals surface area (Å²) in [5, 5.41) is 0. The number of thiol groups is 1. The van der Waals surface area contributed by atoms with Crippen molar-refractivity contribution >= 4 is 31.1 Å². The standard InChI is InChI=1S/C23H27BO3S/c1-3-4-5-16-27-22-19-13-15-24(14-12-17-6-8-18(28)9-7-17)23(25)20(19)10-11-21(22)26-2/h6-11,13,15,28H,3-5,12,14,16H2,1-2H3. The van der Waals surface area contributed by atoms with Gasteiger partial charge in [0.2, 0.25) is 0 Å². The highest BCUT2D eigenvalue weighted by molar-refractivity contribution is 7.80. The zero-order chi connectivity index (χ0) is 19.9. The highest BCUT2D eigenvalue weighted by atomic mass is 32.1. The van der Waals surface area contributed by atoms with Crippen molar-refractivity contribution in [1.82, 2.24) is 0 Å². The summed E-state index contributed by atoms with van der Waals surface area (Å²) in [6.07, 6.45) is 6.94. The molecule has 0 aromatic heterocycles. The molecule has 0 fully saturated rings. The minimum absolute atomic E-state index is 0.107. The van der Waals surface area contributed by atoms with Crippen molar-refractivity contribution in [2.45, 2.75) is 43.8 Å². The van der Waals surface area contributed by atoms with E-state index in [0.29, 0.717) is 18.1 Å². The second-order valence-electron chi connectivity index (χ2n) is 7.15. The van der Waals surface area contributed by atoms with E-state index >= 15 is 0 Å². The van der Waals surface area contributed by atoms with Crippen molar-refractivity contribution in [3.05, 3.63) is 59.1 Å². The summed E-state index contributed by atoms with van der Waals surface area (Å²) in [5.74, 6) is 3.37. The Balaban J connectivity index is 1.74. The van der Waals surface area contributed by atoms with Gasteiger partial charge >= 0.3 is 0 Å². The zero-order valence-electron chi connectivity index (χ0n) is 16.6. The second-order valence-corrected chi connectivity index (χ2v) is 7.67. The van der Waals surface area contributed by atoms with Crippen molar-refractivity contribution in [3.8, 4) is 11.5 Å². The van der Waals surface area contributed by atoms with Crippen molar-refractivity contribution in [3.63, 3.8) is 0 Å². The molecule has 0 saturated carbocycles. The first-order valence-electron chi connectivity index (χ1n) is 9.98. The van der Waals surface area contributed by atoms with Gasteiger partial charge in [0.1, 0.15) is 5.68 Å². The van der Waals surface area contributed by atoms with Gasteiger partial charge in [0, 0.05) is 16.0 Å². The number of benzene rings is 2. The van der Waals surface area contributed by atoms with Crippen LogP contribution in [0.1, 0.15) is 47.7 Å². The number of hydrogen-bond acceptors (Lipinski definition) is 4. The lowest BCUT2D eigenvalue weighted by atomic mass is 9.40. The van der Waals surface area contributed by atoms with Crippen LogP contribution in [0.3, 0.4) is 0 Å². The van der Waals surface area contributed by atoms with Crippen LogP contribution in [-0.2, 0) is 6.42 Å². The third-order valence-corrected chi connectivity index (χ3v) is 5.45. The van der Waals surface area contributed by atoms with Gasteiger partial charge in [0.15, 0.2) is 11.5 Å². The highest BCUT2D eigenvalue weighted by Crippen LogP contribution is 2.37. The van der Waals surface area contributed by atoms with E-state index in [9.17, 15) is 4.79 Å². The molecule has 3 nitrogen and oxygen atoms in total. The first kappa shape index (κ1) is 20.6. The maximum Gasteiger partial charge on any atom is 0.255 e. The molecule has 0 amide bonds. The van der Waals surface area contributed by atoms with Crippen molar-refractivity contribution in [2.24, 2.45) is 0 Å². The van der Waals surface area contributed by atoms with Crippen LogP contribution < -0.4 is 9.47 Å². The van der Waals surface area contributed by atoms with Crippen LogP contribution >= 0.6 is 12.6 Å². The molecule has 2 aromatic carbocycles. The molecule has 1 heterocycles. The first-order valence-corrected chi connectivity index (χ1v) is 10.4. The van der Waals surface area contributed by atoms with Gasteiger partial charge in [0.05, 0.1) is 13.7 Å². The lowest BCUT2D eigenvalue weighted by molar-refractivity contribution is 0.107. The predicted molar refractivity (Wildman–Crippen MR) is 119 cm³/mol. The Hall–Kier alpha value is -2.14. The van der Waals surface area contributed by atoms with Crippen LogP contribution in [-0.4, -0.2) is 26.1 Å². The summed E-state index contributed by atoms with van der Waals surface area (Å²) in [7, 11) is 1.63. The Kier molecular flexibility index (Phi) is 7.27. The van der Waals surface area contributed by atoms with E-state index in [-0.39, 0.29) is 12.4 Å². The minimum Gasteiger partial charge on any atom is -0.493 e. The Labute approximate surface area is 173 Å². The van der Waals surface area contributed by atoms with E-state index in [4.69, 9.17) is 9.47 Å². The monoisotopic (exact) mass is 394 g/mol. The average Bonchev–Trinajstić information content (AvgIpc) is 2.72. The molecule has 1 aliphatic heterocycles. The van der Waals surface area contributed by atoms with Gasteiger partial charge in [-0.2, -0.15) is 0 Å². The zero-order valence-corrected chi connectivity index (χ0v) is 17.5. The number of methoxy groups -OCH3 is 1. The number of aryl methyl sites for hydroxylation is 1. The number of hydrogen-bond donors (Lipinski definition) is 1. The van der Waals surface area contributed by atoms with Crippen LogP contribution in [0.4, 0.5) is 0 Å². The van der Waals surface area contributed by atoms with Crippen LogP contribution in [0.15, 0.2) is 47.3 Å². The summed E-state index contributed by atoms with van der Waals surface area (Å²) >= 11 is 4.32. The lowest BCUT2D eigenvalue weighted by Gasteiger charge is -2.21. The summed E-state index contributed by atoms with van der Waals surface area (Å²) in [6, 6.07) is 11.8. The Morgan fingerprint density at radius 1 is 1.07 bits per heavy atom. The molecule has 0 N–H and O–H groups in total. The number of unbranched alkanes of at least 4 members (excludes halogenated alkanes) is 2. The van der Waals surface area contributed by atoms with Crippen LogP contribution in [0, 0.1) is 0 Å². The second kappa shape index (κ2) is 9.88. The minimum atomic E-state index is -0.107. The fraction of sp³-hybridized carbons (Fsp3) is 0.348. The molecule has 5 heteroatoms. The average molecular weight is 394 g/mol. The van der Waals surface area contributed by atoms with Crippen LogP contribution in [0.2, 0.25) is 6.32 Å². The smallest absolute Gasteiger partial charge is 0.255 e. The third-order valence-electron chi connectivity index (χ3n) is 5.15. The molecule has 3 rings (SSSR count). The van der Waals surface area contributed by atoms with E-state index in [1.165, 1.54) is 5.56 Å². The molecule has 1 aliphatic rings. The maximum absolute atomic E-state index is 13.1. The molecule has 0 atom stereocenters. The van der Waals surface area contributed by atoms with E-state index in [1.807, 2.05) is 36.3 Å². The molecule has 0 bridgehead atoms. The topological polar surface area (TPSA) is 35.5 Å². The van der Waals surface area contributed by atoms with Crippen molar-refractivity contribution in [2.75, 3.05) is 13.7 Å². The van der Waals surface area contributed by atoms with Gasteiger partial charge in [-0.15, -0.1) is 18.6 Å². The van der Waals surface area contributed by atoms with Gasteiger partial charge in [0.25, 0.3) is 6.71 Å². The van der Waals surface area contributed by atoms with E-state index in [0.717, 1.165) is 48.0 Å². The van der Waals surface area contributed by atoms with Gasteiger partial charge < -0.3 is 14.3 Å². The van der Waals surface area contributed by atoms with Crippen LogP contribution in [0.5, 0.6) is 11.5 Å². The number of fused-ring (bicyclic) bond motifs is 1. The number of ether oxygens (including phenoxy) is 2. The summed E-state index contributed by atoms with van der Waals surface area (Å²) in [4.78, 5) is 14.0. The van der Waals surface area contributed by atoms with Gasteiger partial charge in [-0.25, -0.2) is 0 Å². The molecule has 0 saturated heterocycles. The Bertz CT molecular complexity index is 846. The van der Waals surface area contributed by atoms with Crippen molar-refractivity contribution < 1.29 is 14.3 Å². The van der Waals surface area contributed by atoms with Gasteiger partial charge in [-0.05, 0) is 42.7 Å². The van der Waals surface area contributed by atoms with Crippen molar-refractivity contribution in [1.29, 1.82) is 0 Å². The molecule has 0 unspecified atom stereocenters. The summed E-state index contributed by atoms with van der Waals surface area (Å²) in [5.41, 5.74) is 2.95. The molecular weight excluding hydrogens is 367 g/mol. The normalized spacial score (nSPS) is 12.8. The molecular formula is C23H27BO3S. The molecule has 28 heavy (non-hydrogen) atoms. The van der Waals surface area contributed by atoms with Crippen LogP contribution in [0.25, 0.3) is 6.08 Å². The number of carbonyl (C=O) groups excluding carboxylic acids is 1. The maximum atomic E-state index is 13.1. The fourth-order valence-corrected chi connectivity index (χ4v) is 3.66. The number of carbonyl (C=O) groups is 1. The third kappa shape index (κ3) is 4.82. The van der Waals surface area contributed by atoms with E-state index in [1.54, 1.807) is 7.11 Å². The van der Waals surface area contributed by atoms with E-state index < -0.39 is 0 Å². The van der Waals surface area contributed by atoms with Gasteiger partial charge in [-0.3, -0.25) is 0 Å². The Morgan fingerprint density at radius 3 is 2.57 bits per heavy atom.